The van der Waals surface area contributed by atoms with Gasteiger partial charge in [0.15, 0.2) is 5.84 Å². The molecule has 5 nitrogen and oxygen atoms in total. The van der Waals surface area contributed by atoms with Crippen LogP contribution in [-0.4, -0.2) is 41.1 Å². The summed E-state index contributed by atoms with van der Waals surface area (Å²) in [5.74, 6) is -0.852. The second-order valence-electron chi connectivity index (χ2n) is 4.40. The molecule has 0 saturated carbocycles. The molecular formula is C13H16F3N3O2. The number of amidine groups is 1. The van der Waals surface area contributed by atoms with Crippen molar-refractivity contribution in [3.8, 4) is 0 Å². The molecular weight excluding hydrogens is 287 g/mol. The Kier molecular flexibility index (Phi) is 5.57. The van der Waals surface area contributed by atoms with Crippen LogP contribution in [0.1, 0.15) is 29.3 Å². The number of nitrogens with zero attached hydrogens (tertiary/aromatic N) is 2. The molecule has 0 aliphatic heterocycles. The molecule has 0 radical (unpaired) electrons. The lowest BCUT2D eigenvalue weighted by molar-refractivity contribution is -0.140. The van der Waals surface area contributed by atoms with Crippen LogP contribution in [0.4, 0.5) is 13.2 Å². The van der Waals surface area contributed by atoms with Gasteiger partial charge in [-0.3, -0.25) is 4.79 Å². The van der Waals surface area contributed by atoms with Crippen molar-refractivity contribution in [2.75, 3.05) is 13.1 Å². The van der Waals surface area contributed by atoms with Crippen molar-refractivity contribution in [2.45, 2.75) is 19.5 Å². The van der Waals surface area contributed by atoms with E-state index in [4.69, 9.17) is 10.9 Å². The molecule has 0 aromatic heterocycles. The third-order valence-corrected chi connectivity index (χ3v) is 2.69. The number of hydrogen-bond acceptors (Lipinski definition) is 3. The van der Waals surface area contributed by atoms with Crippen LogP contribution in [0.5, 0.6) is 0 Å². The van der Waals surface area contributed by atoms with Gasteiger partial charge in [0.05, 0.1) is 0 Å². The largest absolute Gasteiger partial charge is 0.409 e. The first kappa shape index (κ1) is 16.8. The van der Waals surface area contributed by atoms with Crippen LogP contribution in [0, 0.1) is 0 Å². The summed E-state index contributed by atoms with van der Waals surface area (Å²) in [6.45, 7) is 0.417. The van der Waals surface area contributed by atoms with Crippen molar-refractivity contribution in [2.24, 2.45) is 10.9 Å². The van der Waals surface area contributed by atoms with E-state index in [1.54, 1.807) is 6.92 Å². The number of amides is 1. The van der Waals surface area contributed by atoms with E-state index >= 15 is 0 Å². The summed E-state index contributed by atoms with van der Waals surface area (Å²) in [6.07, 6.45) is -4.03. The highest BCUT2D eigenvalue weighted by atomic mass is 19.4. The summed E-state index contributed by atoms with van der Waals surface area (Å²) in [5.41, 5.74) is 5.85. The number of oxime groups is 1. The third kappa shape index (κ3) is 4.97. The molecule has 1 rings (SSSR count). The van der Waals surface area contributed by atoms with E-state index in [0.717, 1.165) is 4.90 Å². The van der Waals surface area contributed by atoms with Crippen molar-refractivity contribution in [3.63, 3.8) is 0 Å². The average Bonchev–Trinajstić information content (AvgIpc) is 2.44. The Morgan fingerprint density at radius 1 is 1.29 bits per heavy atom. The fourth-order valence-electron chi connectivity index (χ4n) is 1.76. The van der Waals surface area contributed by atoms with Gasteiger partial charge in [-0.25, -0.2) is 0 Å². The number of carbonyl (C=O) groups excluding carboxylic acids is 1. The molecule has 116 valence electrons. The average molecular weight is 303 g/mol. The fraction of sp³-hybridized carbons (Fsp3) is 0.385. The molecule has 0 fully saturated rings. The standard InChI is InChI=1S/C13H16F3N3O2/c1-2-7-19(8-13(14,15)16)12(20)10-5-3-9(4-6-10)11(17)18-21/h3-6,21H,2,7-8H2,1H3,(H2,17,18). The predicted octanol–water partition coefficient (Wildman–Crippen LogP) is 2.20. The zero-order valence-corrected chi connectivity index (χ0v) is 11.4. The number of rotatable bonds is 5. The van der Waals surface area contributed by atoms with Crippen LogP contribution in [0.2, 0.25) is 0 Å². The molecule has 1 aromatic rings. The second-order valence-corrected chi connectivity index (χ2v) is 4.40. The molecule has 0 bridgehead atoms. The smallest absolute Gasteiger partial charge is 0.406 e. The molecule has 1 amide bonds. The first-order chi connectivity index (χ1) is 9.78. The first-order valence-electron chi connectivity index (χ1n) is 6.22. The van der Waals surface area contributed by atoms with Gasteiger partial charge >= 0.3 is 6.18 Å². The Morgan fingerprint density at radius 3 is 2.24 bits per heavy atom. The fourth-order valence-corrected chi connectivity index (χ4v) is 1.76. The third-order valence-electron chi connectivity index (χ3n) is 2.69. The van der Waals surface area contributed by atoms with E-state index in [2.05, 4.69) is 5.16 Å². The van der Waals surface area contributed by atoms with Gasteiger partial charge in [-0.05, 0) is 18.6 Å². The molecule has 0 aliphatic rings. The minimum absolute atomic E-state index is 0.0142. The van der Waals surface area contributed by atoms with Gasteiger partial charge in [0.2, 0.25) is 0 Å². The summed E-state index contributed by atoms with van der Waals surface area (Å²) in [7, 11) is 0. The summed E-state index contributed by atoms with van der Waals surface area (Å²) in [4.78, 5) is 12.8. The summed E-state index contributed by atoms with van der Waals surface area (Å²) in [5, 5.41) is 11.3. The summed E-state index contributed by atoms with van der Waals surface area (Å²) >= 11 is 0. The number of hydrogen-bond donors (Lipinski definition) is 2. The van der Waals surface area contributed by atoms with Crippen LogP contribution in [-0.2, 0) is 0 Å². The van der Waals surface area contributed by atoms with Gasteiger partial charge < -0.3 is 15.8 Å². The summed E-state index contributed by atoms with van der Waals surface area (Å²) in [6, 6.07) is 5.49. The normalized spacial score (nSPS) is 12.3. The minimum atomic E-state index is -4.45. The van der Waals surface area contributed by atoms with Gasteiger partial charge in [-0.1, -0.05) is 24.2 Å². The Balaban J connectivity index is 2.93. The van der Waals surface area contributed by atoms with Gasteiger partial charge in [0.25, 0.3) is 5.91 Å². The number of halogens is 3. The summed E-state index contributed by atoms with van der Waals surface area (Å²) < 4.78 is 37.4. The molecule has 0 aliphatic carbocycles. The van der Waals surface area contributed by atoms with Gasteiger partial charge in [-0.15, -0.1) is 0 Å². The Hall–Kier alpha value is -2.25. The highest BCUT2D eigenvalue weighted by molar-refractivity contribution is 5.99. The van der Waals surface area contributed by atoms with Crippen molar-refractivity contribution in [1.29, 1.82) is 0 Å². The zero-order chi connectivity index (χ0) is 16.0. The van der Waals surface area contributed by atoms with E-state index < -0.39 is 18.6 Å². The molecule has 0 unspecified atom stereocenters. The van der Waals surface area contributed by atoms with Crippen LogP contribution < -0.4 is 5.73 Å². The van der Waals surface area contributed by atoms with E-state index in [9.17, 15) is 18.0 Å². The molecule has 1 aromatic carbocycles. The van der Waals surface area contributed by atoms with Crippen molar-refractivity contribution >= 4 is 11.7 Å². The van der Waals surface area contributed by atoms with Gasteiger partial charge in [0.1, 0.15) is 6.54 Å². The van der Waals surface area contributed by atoms with Gasteiger partial charge in [-0.2, -0.15) is 13.2 Å². The van der Waals surface area contributed by atoms with Gasteiger partial charge in [0, 0.05) is 17.7 Å². The number of benzene rings is 1. The Labute approximate surface area is 119 Å². The maximum atomic E-state index is 12.5. The molecule has 0 spiro atoms. The van der Waals surface area contributed by atoms with Crippen LogP contribution in [0.25, 0.3) is 0 Å². The maximum absolute atomic E-state index is 12.5. The molecule has 8 heteroatoms. The molecule has 21 heavy (non-hydrogen) atoms. The van der Waals surface area contributed by atoms with Crippen LogP contribution in [0.3, 0.4) is 0 Å². The first-order valence-corrected chi connectivity index (χ1v) is 6.22. The van der Waals surface area contributed by atoms with Crippen molar-refractivity contribution in [3.05, 3.63) is 35.4 Å². The van der Waals surface area contributed by atoms with Crippen LogP contribution in [0.15, 0.2) is 29.4 Å². The lowest BCUT2D eigenvalue weighted by atomic mass is 10.1. The predicted molar refractivity (Wildman–Crippen MR) is 71.2 cm³/mol. The van der Waals surface area contributed by atoms with Crippen molar-refractivity contribution < 1.29 is 23.2 Å². The maximum Gasteiger partial charge on any atom is 0.406 e. The molecule has 3 N–H and O–H groups in total. The Bertz CT molecular complexity index is 512. The van der Waals surface area contributed by atoms with Crippen LogP contribution >= 0.6 is 0 Å². The van der Waals surface area contributed by atoms with E-state index in [1.807, 2.05) is 0 Å². The number of nitrogens with two attached hydrogens (primary N) is 1. The lowest BCUT2D eigenvalue weighted by Crippen LogP contribution is -2.39. The zero-order valence-electron chi connectivity index (χ0n) is 11.4. The molecule has 0 heterocycles. The lowest BCUT2D eigenvalue weighted by Gasteiger charge is -2.23. The minimum Gasteiger partial charge on any atom is -0.409 e. The van der Waals surface area contributed by atoms with Crippen molar-refractivity contribution in [1.82, 2.24) is 4.90 Å². The highest BCUT2D eigenvalue weighted by Crippen LogP contribution is 2.18. The topological polar surface area (TPSA) is 78.9 Å². The van der Waals surface area contributed by atoms with E-state index in [-0.39, 0.29) is 17.9 Å². The Morgan fingerprint density at radius 2 is 1.81 bits per heavy atom. The SMILES string of the molecule is CCCN(CC(F)(F)F)C(=O)c1ccc(C(N)=NO)cc1. The monoisotopic (exact) mass is 303 g/mol. The number of alkyl halides is 3. The molecule has 0 atom stereocenters. The second kappa shape index (κ2) is 6.96. The quantitative estimate of drug-likeness (QED) is 0.379. The highest BCUT2D eigenvalue weighted by Gasteiger charge is 2.32. The number of carbonyl (C=O) groups is 1. The van der Waals surface area contributed by atoms with E-state index in [0.29, 0.717) is 12.0 Å². The van der Waals surface area contributed by atoms with E-state index in [1.165, 1.54) is 24.3 Å². The molecule has 0 saturated heterocycles.